The molecule has 0 spiro atoms. The molecule has 0 saturated carbocycles. The van der Waals surface area contributed by atoms with E-state index in [0.717, 1.165) is 0 Å². The van der Waals surface area contributed by atoms with Crippen molar-refractivity contribution in [3.05, 3.63) is 59.7 Å². The normalized spacial score (nSPS) is 10.8. The van der Waals surface area contributed by atoms with Crippen molar-refractivity contribution in [3.63, 3.8) is 0 Å². The van der Waals surface area contributed by atoms with Crippen molar-refractivity contribution < 1.29 is 32.3 Å². The Morgan fingerprint density at radius 3 is 2.10 bits per heavy atom. The molecule has 1 amide bonds. The first-order chi connectivity index (χ1) is 13.8. The van der Waals surface area contributed by atoms with Gasteiger partial charge in [-0.15, -0.1) is 0 Å². The quantitative estimate of drug-likeness (QED) is 0.653. The monoisotopic (exact) mass is 419 g/mol. The molecule has 29 heavy (non-hydrogen) atoms. The molecule has 0 fully saturated rings. The molecule has 154 valence electrons. The molecule has 8 nitrogen and oxygen atoms in total. The van der Waals surface area contributed by atoms with Gasteiger partial charge in [-0.3, -0.25) is 4.79 Å². The molecule has 1 N–H and O–H groups in total. The summed E-state index contributed by atoms with van der Waals surface area (Å²) in [6.45, 7) is 2.65. The first-order valence-corrected chi connectivity index (χ1v) is 10.5. The Bertz CT molecular complexity index is 1010. The Kier molecular flexibility index (Phi) is 7.49. The molecule has 2 aromatic rings. The predicted octanol–water partition coefficient (Wildman–Crippen LogP) is 2.45. The zero-order valence-corrected chi connectivity index (χ0v) is 16.8. The highest BCUT2D eigenvalue weighted by Gasteiger charge is 2.22. The van der Waals surface area contributed by atoms with E-state index in [-0.39, 0.29) is 34.1 Å². The number of hydrogen-bond acceptors (Lipinski definition) is 7. The van der Waals surface area contributed by atoms with Crippen molar-refractivity contribution in [1.82, 2.24) is 0 Å². The maximum Gasteiger partial charge on any atom is 0.340 e. The summed E-state index contributed by atoms with van der Waals surface area (Å²) in [6, 6.07) is 11.9. The minimum absolute atomic E-state index is 0.144. The van der Waals surface area contributed by atoms with Crippen molar-refractivity contribution in [3.8, 4) is 0 Å². The van der Waals surface area contributed by atoms with Crippen LogP contribution in [0.15, 0.2) is 53.4 Å². The number of amides is 1. The minimum atomic E-state index is -3.63. The van der Waals surface area contributed by atoms with E-state index in [9.17, 15) is 22.8 Å². The van der Waals surface area contributed by atoms with Crippen LogP contribution < -0.4 is 5.32 Å². The topological polar surface area (TPSA) is 116 Å². The van der Waals surface area contributed by atoms with Gasteiger partial charge in [0.05, 0.1) is 34.1 Å². The summed E-state index contributed by atoms with van der Waals surface area (Å²) in [5.74, 6) is -2.40. The van der Waals surface area contributed by atoms with Gasteiger partial charge >= 0.3 is 11.9 Å². The molecular weight excluding hydrogens is 398 g/mol. The third-order valence-electron chi connectivity index (χ3n) is 3.85. The summed E-state index contributed by atoms with van der Waals surface area (Å²) >= 11 is 0. The van der Waals surface area contributed by atoms with Crippen molar-refractivity contribution in [1.29, 1.82) is 0 Å². The fourth-order valence-electron chi connectivity index (χ4n) is 2.44. The molecule has 0 aromatic heterocycles. The molecule has 2 aromatic carbocycles. The summed E-state index contributed by atoms with van der Waals surface area (Å²) in [5, 5.41) is 2.48. The Balaban J connectivity index is 2.08. The van der Waals surface area contributed by atoms with E-state index >= 15 is 0 Å². The van der Waals surface area contributed by atoms with Gasteiger partial charge in [0.2, 0.25) is 0 Å². The summed E-state index contributed by atoms with van der Waals surface area (Å²) in [7, 11) is -3.63. The maximum absolute atomic E-state index is 12.3. The molecule has 0 atom stereocenters. The van der Waals surface area contributed by atoms with E-state index in [1.807, 2.05) is 0 Å². The number of esters is 2. The van der Waals surface area contributed by atoms with Crippen molar-refractivity contribution in [2.24, 2.45) is 0 Å². The minimum Gasteiger partial charge on any atom is -0.462 e. The lowest BCUT2D eigenvalue weighted by Crippen LogP contribution is -2.23. The third-order valence-corrected chi connectivity index (χ3v) is 5.64. The van der Waals surface area contributed by atoms with Gasteiger partial charge in [-0.25, -0.2) is 18.0 Å². The number of rotatable bonds is 8. The van der Waals surface area contributed by atoms with Crippen LogP contribution in [0.5, 0.6) is 0 Å². The maximum atomic E-state index is 12.3. The van der Waals surface area contributed by atoms with E-state index in [1.165, 1.54) is 43.3 Å². The lowest BCUT2D eigenvalue weighted by Gasteiger charge is -2.11. The van der Waals surface area contributed by atoms with Crippen LogP contribution in [0.2, 0.25) is 0 Å². The summed E-state index contributed by atoms with van der Waals surface area (Å²) < 4.78 is 34.1. The number of hydrogen-bond donors (Lipinski definition) is 1. The highest BCUT2D eigenvalue weighted by atomic mass is 32.2. The molecule has 0 unspecified atom stereocenters. The Hall–Kier alpha value is -3.20. The molecule has 0 bridgehead atoms. The molecule has 0 heterocycles. The van der Waals surface area contributed by atoms with E-state index in [2.05, 4.69) is 5.32 Å². The van der Waals surface area contributed by atoms with Crippen molar-refractivity contribution in [2.75, 3.05) is 24.3 Å². The molecule has 0 aliphatic carbocycles. The molecule has 9 heteroatoms. The largest absolute Gasteiger partial charge is 0.462 e. The van der Waals surface area contributed by atoms with Gasteiger partial charge in [0, 0.05) is 0 Å². The van der Waals surface area contributed by atoms with Gasteiger partial charge in [-0.2, -0.15) is 0 Å². The summed E-state index contributed by atoms with van der Waals surface area (Å²) in [5.41, 5.74) is 0.225. The first-order valence-electron chi connectivity index (χ1n) is 8.85. The molecule has 2 rings (SSSR count). The zero-order valence-electron chi connectivity index (χ0n) is 16.0. The Morgan fingerprint density at radius 2 is 1.45 bits per heavy atom. The van der Waals surface area contributed by atoms with Crippen LogP contribution >= 0.6 is 0 Å². The van der Waals surface area contributed by atoms with Crippen LogP contribution in [0.25, 0.3) is 0 Å². The number of carbonyl (C=O) groups is 3. The molecule has 0 saturated heterocycles. The molecule has 0 aliphatic heterocycles. The lowest BCUT2D eigenvalue weighted by atomic mass is 10.2. The van der Waals surface area contributed by atoms with Crippen LogP contribution in [-0.4, -0.2) is 45.2 Å². The lowest BCUT2D eigenvalue weighted by molar-refractivity contribution is -0.119. The predicted molar refractivity (Wildman–Crippen MR) is 105 cm³/mol. The fraction of sp³-hybridized carbons (Fsp3) is 0.250. The second kappa shape index (κ2) is 9.83. The van der Waals surface area contributed by atoms with Crippen LogP contribution in [0, 0.1) is 0 Å². The number of nitrogens with one attached hydrogen (secondary N) is 1. The second-order valence-corrected chi connectivity index (χ2v) is 8.04. The number of carbonyl (C=O) groups excluding carboxylic acids is 3. The van der Waals surface area contributed by atoms with E-state index in [0.29, 0.717) is 0 Å². The van der Waals surface area contributed by atoms with Gasteiger partial charge in [-0.1, -0.05) is 31.2 Å². The smallest absolute Gasteiger partial charge is 0.340 e. The number of ether oxygens (including phenoxy) is 2. The van der Waals surface area contributed by atoms with Crippen LogP contribution in [0.3, 0.4) is 0 Å². The summed E-state index contributed by atoms with van der Waals surface area (Å²) in [6.07, 6.45) is 0. The standard InChI is InChI=1S/C20H21NO7S/c1-3-27-19(23)14-9-5-7-11-16(14)21-18(22)13-28-20(24)15-10-6-8-12-17(15)29(25,26)4-2/h5-12H,3-4,13H2,1-2H3,(H,21,22). The number of para-hydroxylation sites is 1. The highest BCUT2D eigenvalue weighted by molar-refractivity contribution is 7.91. The third kappa shape index (κ3) is 5.64. The second-order valence-electron chi connectivity index (χ2n) is 5.79. The zero-order chi connectivity index (χ0) is 21.4. The fourth-order valence-corrected chi connectivity index (χ4v) is 3.52. The van der Waals surface area contributed by atoms with Crippen molar-refractivity contribution >= 4 is 33.4 Å². The van der Waals surface area contributed by atoms with Gasteiger partial charge < -0.3 is 14.8 Å². The van der Waals surface area contributed by atoms with E-state index in [4.69, 9.17) is 9.47 Å². The number of sulfone groups is 1. The van der Waals surface area contributed by atoms with Crippen LogP contribution in [0.4, 0.5) is 5.69 Å². The molecular formula is C20H21NO7S. The Labute approximate surface area is 168 Å². The van der Waals surface area contributed by atoms with Gasteiger partial charge in [0.25, 0.3) is 5.91 Å². The van der Waals surface area contributed by atoms with Gasteiger partial charge in [0.1, 0.15) is 0 Å². The highest BCUT2D eigenvalue weighted by Crippen LogP contribution is 2.19. The van der Waals surface area contributed by atoms with Gasteiger partial charge in [0.15, 0.2) is 16.4 Å². The molecule has 0 aliphatic rings. The summed E-state index contributed by atoms with van der Waals surface area (Å²) in [4.78, 5) is 36.3. The van der Waals surface area contributed by atoms with Crippen molar-refractivity contribution in [2.45, 2.75) is 18.7 Å². The van der Waals surface area contributed by atoms with Gasteiger partial charge in [-0.05, 0) is 31.2 Å². The first kappa shape index (κ1) is 22.1. The van der Waals surface area contributed by atoms with Crippen LogP contribution in [0.1, 0.15) is 34.6 Å². The van der Waals surface area contributed by atoms with E-state index in [1.54, 1.807) is 19.1 Å². The average Bonchev–Trinajstić information content (AvgIpc) is 2.72. The SMILES string of the molecule is CCOC(=O)c1ccccc1NC(=O)COC(=O)c1ccccc1S(=O)(=O)CC. The number of anilines is 1. The van der Waals surface area contributed by atoms with E-state index < -0.39 is 34.3 Å². The number of benzene rings is 2. The Morgan fingerprint density at radius 1 is 0.862 bits per heavy atom. The molecule has 0 radical (unpaired) electrons. The average molecular weight is 419 g/mol. The van der Waals surface area contributed by atoms with Crippen LogP contribution in [-0.2, 0) is 24.1 Å².